The van der Waals surface area contributed by atoms with Crippen molar-refractivity contribution in [2.24, 2.45) is 0 Å². The van der Waals surface area contributed by atoms with E-state index >= 15 is 0 Å². The standard InChI is InChI=1S/C53H39N5O/c1-35(2)38-28-29-54-51(32-38)57-47-22-11-9-18-43(47)45-26-24-39(33-49(45)57)59-40-25-27-46-44-19-10-12-23-48(44)58(50(46)34-40)53-55-30-31-56(53)52-41(36-14-5-3-6-15-36)20-13-21-42(52)37-16-7-4-8-17-37/h3-35H,1-2H3. The Morgan fingerprint density at radius 2 is 1.00 bits per heavy atom. The molecule has 0 amide bonds. The molecule has 59 heavy (non-hydrogen) atoms. The molecule has 6 nitrogen and oxygen atoms in total. The van der Waals surface area contributed by atoms with Crippen LogP contribution in [0.15, 0.2) is 195 Å². The number of para-hydroxylation sites is 3. The van der Waals surface area contributed by atoms with E-state index in [9.17, 15) is 0 Å². The lowest BCUT2D eigenvalue weighted by atomic mass is 9.96. The lowest BCUT2D eigenvalue weighted by molar-refractivity contribution is 0.484. The van der Waals surface area contributed by atoms with Crippen molar-refractivity contribution in [2.45, 2.75) is 19.8 Å². The maximum absolute atomic E-state index is 6.81. The van der Waals surface area contributed by atoms with E-state index in [1.54, 1.807) is 0 Å². The molecule has 0 atom stereocenters. The van der Waals surface area contributed by atoms with Crippen molar-refractivity contribution in [1.29, 1.82) is 0 Å². The van der Waals surface area contributed by atoms with Gasteiger partial charge in [-0.2, -0.15) is 0 Å². The SMILES string of the molecule is CC(C)c1ccnc(-n2c3ccccc3c3ccc(Oc4ccc5c6ccccc6n(-c6nccn6-c6c(-c7ccccc7)cccc6-c6ccccc6)c5c4)cc32)c1. The van der Waals surface area contributed by atoms with Crippen molar-refractivity contribution < 1.29 is 4.74 Å². The van der Waals surface area contributed by atoms with Gasteiger partial charge in [0.1, 0.15) is 17.3 Å². The summed E-state index contributed by atoms with van der Waals surface area (Å²) >= 11 is 0. The lowest BCUT2D eigenvalue weighted by Gasteiger charge is -2.19. The quantitative estimate of drug-likeness (QED) is 0.155. The van der Waals surface area contributed by atoms with Crippen LogP contribution in [0, 0.1) is 0 Å². The highest BCUT2D eigenvalue weighted by molar-refractivity contribution is 6.10. The van der Waals surface area contributed by atoms with Gasteiger partial charge in [-0.25, -0.2) is 9.97 Å². The van der Waals surface area contributed by atoms with Crippen molar-refractivity contribution in [3.63, 3.8) is 0 Å². The summed E-state index contributed by atoms with van der Waals surface area (Å²) in [6.45, 7) is 4.43. The summed E-state index contributed by atoms with van der Waals surface area (Å²) in [6, 6.07) is 61.8. The number of fused-ring (bicyclic) bond motifs is 6. The van der Waals surface area contributed by atoms with Crippen LogP contribution in [0.25, 0.3) is 83.3 Å². The molecule has 0 N–H and O–H groups in total. The number of imidazole rings is 1. The number of hydrogen-bond acceptors (Lipinski definition) is 3. The van der Waals surface area contributed by atoms with Gasteiger partial charge in [0.2, 0.25) is 5.95 Å². The van der Waals surface area contributed by atoms with Crippen LogP contribution >= 0.6 is 0 Å². The van der Waals surface area contributed by atoms with Gasteiger partial charge in [0.15, 0.2) is 0 Å². The van der Waals surface area contributed by atoms with Crippen molar-refractivity contribution in [1.82, 2.24) is 23.7 Å². The average molecular weight is 762 g/mol. The largest absolute Gasteiger partial charge is 0.457 e. The van der Waals surface area contributed by atoms with Gasteiger partial charge in [0.05, 0.1) is 27.8 Å². The highest BCUT2D eigenvalue weighted by Gasteiger charge is 2.22. The first-order valence-electron chi connectivity index (χ1n) is 20.1. The highest BCUT2D eigenvalue weighted by atomic mass is 16.5. The Morgan fingerprint density at radius 3 is 1.61 bits per heavy atom. The second-order valence-corrected chi connectivity index (χ2v) is 15.3. The van der Waals surface area contributed by atoms with Gasteiger partial charge in [-0.1, -0.05) is 129 Å². The first-order chi connectivity index (χ1) is 29.1. The molecular weight excluding hydrogens is 723 g/mol. The van der Waals surface area contributed by atoms with Crippen LogP contribution < -0.4 is 4.74 Å². The Bertz CT molecular complexity index is 3280. The number of benzene rings is 7. The van der Waals surface area contributed by atoms with Gasteiger partial charge < -0.3 is 4.74 Å². The summed E-state index contributed by atoms with van der Waals surface area (Å²) in [5, 5.41) is 4.59. The fourth-order valence-corrected chi connectivity index (χ4v) is 8.68. The number of hydrogen-bond donors (Lipinski definition) is 0. The average Bonchev–Trinajstić information content (AvgIpc) is 3.99. The number of aromatic nitrogens is 5. The molecule has 4 heterocycles. The molecule has 4 aromatic heterocycles. The van der Waals surface area contributed by atoms with Gasteiger partial charge in [-0.3, -0.25) is 13.7 Å². The Morgan fingerprint density at radius 1 is 0.458 bits per heavy atom. The predicted octanol–water partition coefficient (Wildman–Crippen LogP) is 13.7. The van der Waals surface area contributed by atoms with Gasteiger partial charge in [0, 0.05) is 63.4 Å². The maximum Gasteiger partial charge on any atom is 0.219 e. The van der Waals surface area contributed by atoms with Crippen LogP contribution in [0.5, 0.6) is 11.5 Å². The predicted molar refractivity (Wildman–Crippen MR) is 242 cm³/mol. The number of rotatable bonds is 8. The van der Waals surface area contributed by atoms with Crippen molar-refractivity contribution in [3.8, 4) is 51.2 Å². The molecule has 0 radical (unpaired) electrons. The minimum absolute atomic E-state index is 0.386. The second-order valence-electron chi connectivity index (χ2n) is 15.3. The van der Waals surface area contributed by atoms with Gasteiger partial charge in [-0.15, -0.1) is 0 Å². The fraction of sp³-hybridized carbons (Fsp3) is 0.0566. The van der Waals surface area contributed by atoms with E-state index in [0.29, 0.717) is 5.92 Å². The molecule has 11 rings (SSSR count). The minimum atomic E-state index is 0.386. The van der Waals surface area contributed by atoms with Crippen LogP contribution in [0.1, 0.15) is 25.3 Å². The first kappa shape index (κ1) is 34.5. The molecule has 0 aliphatic rings. The molecule has 0 unspecified atom stereocenters. The molecule has 0 aliphatic carbocycles. The third kappa shape index (κ3) is 5.79. The van der Waals surface area contributed by atoms with Crippen molar-refractivity contribution in [3.05, 3.63) is 200 Å². The van der Waals surface area contributed by atoms with E-state index in [0.717, 1.165) is 89.4 Å². The zero-order valence-corrected chi connectivity index (χ0v) is 32.7. The van der Waals surface area contributed by atoms with Gasteiger partial charge in [-0.05, 0) is 71.1 Å². The normalized spacial score (nSPS) is 11.7. The Balaban J connectivity index is 1.08. The second kappa shape index (κ2) is 14.0. The summed E-state index contributed by atoms with van der Waals surface area (Å²) < 4.78 is 13.6. The number of nitrogens with zero attached hydrogens (tertiary/aromatic N) is 5. The zero-order valence-electron chi connectivity index (χ0n) is 32.7. The third-order valence-corrected chi connectivity index (χ3v) is 11.5. The van der Waals surface area contributed by atoms with E-state index < -0.39 is 0 Å². The summed E-state index contributed by atoms with van der Waals surface area (Å²) in [4.78, 5) is 9.96. The zero-order chi connectivity index (χ0) is 39.5. The summed E-state index contributed by atoms with van der Waals surface area (Å²) in [7, 11) is 0. The van der Waals surface area contributed by atoms with Crippen LogP contribution in [-0.2, 0) is 0 Å². The smallest absolute Gasteiger partial charge is 0.219 e. The van der Waals surface area contributed by atoms with Gasteiger partial charge in [0.25, 0.3) is 0 Å². The third-order valence-electron chi connectivity index (χ3n) is 11.5. The fourth-order valence-electron chi connectivity index (χ4n) is 8.68. The van der Waals surface area contributed by atoms with E-state index in [2.05, 4.69) is 210 Å². The van der Waals surface area contributed by atoms with E-state index in [1.165, 1.54) is 10.9 Å². The minimum Gasteiger partial charge on any atom is -0.457 e. The molecule has 282 valence electrons. The lowest BCUT2D eigenvalue weighted by Crippen LogP contribution is -2.07. The number of pyridine rings is 1. The van der Waals surface area contributed by atoms with Crippen LogP contribution in [0.3, 0.4) is 0 Å². The molecular formula is C53H39N5O. The van der Waals surface area contributed by atoms with Gasteiger partial charge >= 0.3 is 0 Å². The molecule has 0 saturated carbocycles. The topological polar surface area (TPSA) is 49.8 Å². The van der Waals surface area contributed by atoms with Crippen molar-refractivity contribution >= 4 is 43.6 Å². The Labute approximate surface area is 341 Å². The highest BCUT2D eigenvalue weighted by Crippen LogP contribution is 2.41. The summed E-state index contributed by atoms with van der Waals surface area (Å²) in [5.74, 6) is 3.55. The molecule has 0 bridgehead atoms. The summed E-state index contributed by atoms with van der Waals surface area (Å²) in [6.07, 6.45) is 5.88. The molecule has 0 spiro atoms. The first-order valence-corrected chi connectivity index (χ1v) is 20.1. The van der Waals surface area contributed by atoms with E-state index in [4.69, 9.17) is 14.7 Å². The van der Waals surface area contributed by atoms with E-state index in [1.807, 2.05) is 12.4 Å². The molecule has 6 heteroatoms. The van der Waals surface area contributed by atoms with E-state index in [-0.39, 0.29) is 0 Å². The monoisotopic (exact) mass is 761 g/mol. The van der Waals surface area contributed by atoms with Crippen molar-refractivity contribution in [2.75, 3.05) is 0 Å². The van der Waals surface area contributed by atoms with Crippen LogP contribution in [0.4, 0.5) is 0 Å². The summed E-state index contributed by atoms with van der Waals surface area (Å²) in [5.41, 5.74) is 11.0. The molecule has 7 aromatic carbocycles. The Kier molecular flexibility index (Phi) is 8.22. The number of ether oxygens (including phenoxy) is 1. The van der Waals surface area contributed by atoms with Crippen LogP contribution in [-0.4, -0.2) is 23.7 Å². The van der Waals surface area contributed by atoms with Crippen LogP contribution in [0.2, 0.25) is 0 Å². The molecule has 0 aliphatic heterocycles. The maximum atomic E-state index is 6.81. The Hall–Kier alpha value is -7.70. The molecule has 11 aromatic rings. The molecule has 0 fully saturated rings. The molecule has 0 saturated heterocycles.